The van der Waals surface area contributed by atoms with Crippen LogP contribution in [0.3, 0.4) is 0 Å². The predicted octanol–water partition coefficient (Wildman–Crippen LogP) is 2.21. The number of hydrogen-bond acceptors (Lipinski definition) is 2. The van der Waals surface area contributed by atoms with Crippen LogP contribution < -0.4 is 5.32 Å². The maximum Gasteiger partial charge on any atom is 0.0914 e. The number of aliphatic hydroxyl groups excluding tert-OH is 1. The summed E-state index contributed by atoms with van der Waals surface area (Å²) in [5, 5.41) is 13.2. The average Bonchev–Trinajstić information content (AvgIpc) is 2.35. The standard InChI is InChI=1S/C14H21NO/c1-2-15-10-14(16)13-8-7-11-5-3-4-6-12(11)9-13/h7-9,14-16H,2-6,10H2,1H3. The van der Waals surface area contributed by atoms with E-state index in [4.69, 9.17) is 0 Å². The molecule has 1 aliphatic rings. The zero-order valence-corrected chi connectivity index (χ0v) is 10.00. The number of likely N-dealkylation sites (N-methyl/N-ethyl adjacent to an activating group) is 1. The Labute approximate surface area is 97.7 Å². The summed E-state index contributed by atoms with van der Waals surface area (Å²) in [5.74, 6) is 0. The molecule has 2 nitrogen and oxygen atoms in total. The van der Waals surface area contributed by atoms with Crippen molar-refractivity contribution in [1.82, 2.24) is 5.32 Å². The molecular formula is C14H21NO. The third-order valence-corrected chi connectivity index (χ3v) is 3.35. The normalized spacial score (nSPS) is 16.9. The fraction of sp³-hybridized carbons (Fsp3) is 0.571. The molecule has 1 atom stereocenters. The van der Waals surface area contributed by atoms with Crippen molar-refractivity contribution in [2.75, 3.05) is 13.1 Å². The largest absolute Gasteiger partial charge is 0.387 e. The van der Waals surface area contributed by atoms with Crippen molar-refractivity contribution in [1.29, 1.82) is 0 Å². The van der Waals surface area contributed by atoms with Gasteiger partial charge in [0.2, 0.25) is 0 Å². The highest BCUT2D eigenvalue weighted by molar-refractivity contribution is 5.34. The second-order valence-corrected chi connectivity index (χ2v) is 4.56. The molecular weight excluding hydrogens is 198 g/mol. The van der Waals surface area contributed by atoms with Crippen LogP contribution in [0.1, 0.15) is 42.6 Å². The number of hydrogen-bond donors (Lipinski definition) is 2. The van der Waals surface area contributed by atoms with Gasteiger partial charge in [-0.3, -0.25) is 0 Å². The van der Waals surface area contributed by atoms with Gasteiger partial charge in [0.1, 0.15) is 0 Å². The van der Waals surface area contributed by atoms with Crippen molar-refractivity contribution in [3.63, 3.8) is 0 Å². The third-order valence-electron chi connectivity index (χ3n) is 3.35. The van der Waals surface area contributed by atoms with Gasteiger partial charge >= 0.3 is 0 Å². The summed E-state index contributed by atoms with van der Waals surface area (Å²) in [6, 6.07) is 6.46. The van der Waals surface area contributed by atoms with Crippen LogP contribution in [-0.2, 0) is 12.8 Å². The molecule has 0 bridgehead atoms. The Morgan fingerprint density at radius 2 is 2.00 bits per heavy atom. The van der Waals surface area contributed by atoms with E-state index in [-0.39, 0.29) is 6.10 Å². The summed E-state index contributed by atoms with van der Waals surface area (Å²) < 4.78 is 0. The number of benzene rings is 1. The number of fused-ring (bicyclic) bond motifs is 1. The number of aryl methyl sites for hydroxylation is 2. The number of rotatable bonds is 4. The van der Waals surface area contributed by atoms with Crippen LogP contribution in [0.15, 0.2) is 18.2 Å². The second kappa shape index (κ2) is 5.46. The van der Waals surface area contributed by atoms with Gasteiger partial charge in [-0.05, 0) is 48.9 Å². The highest BCUT2D eigenvalue weighted by atomic mass is 16.3. The Balaban J connectivity index is 2.10. The summed E-state index contributed by atoms with van der Waals surface area (Å²) in [6.07, 6.45) is 4.62. The van der Waals surface area contributed by atoms with Crippen molar-refractivity contribution >= 4 is 0 Å². The van der Waals surface area contributed by atoms with Gasteiger partial charge in [-0.25, -0.2) is 0 Å². The van der Waals surface area contributed by atoms with Gasteiger partial charge < -0.3 is 10.4 Å². The minimum absolute atomic E-state index is 0.368. The van der Waals surface area contributed by atoms with Gasteiger partial charge in [-0.1, -0.05) is 25.1 Å². The lowest BCUT2D eigenvalue weighted by Crippen LogP contribution is -2.21. The summed E-state index contributed by atoms with van der Waals surface area (Å²) in [7, 11) is 0. The van der Waals surface area contributed by atoms with E-state index in [0.717, 1.165) is 12.1 Å². The quantitative estimate of drug-likeness (QED) is 0.813. The van der Waals surface area contributed by atoms with E-state index < -0.39 is 0 Å². The summed E-state index contributed by atoms with van der Waals surface area (Å²) in [4.78, 5) is 0. The van der Waals surface area contributed by atoms with E-state index in [9.17, 15) is 5.11 Å². The molecule has 1 aromatic carbocycles. The minimum Gasteiger partial charge on any atom is -0.387 e. The number of nitrogens with one attached hydrogen (secondary N) is 1. The molecule has 0 spiro atoms. The van der Waals surface area contributed by atoms with Crippen LogP contribution >= 0.6 is 0 Å². The van der Waals surface area contributed by atoms with Gasteiger partial charge in [-0.2, -0.15) is 0 Å². The van der Waals surface area contributed by atoms with Crippen LogP contribution in [0.4, 0.5) is 0 Å². The molecule has 2 N–H and O–H groups in total. The molecule has 0 saturated heterocycles. The molecule has 1 aromatic rings. The van der Waals surface area contributed by atoms with Crippen molar-refractivity contribution < 1.29 is 5.11 Å². The highest BCUT2D eigenvalue weighted by Crippen LogP contribution is 2.24. The lowest BCUT2D eigenvalue weighted by molar-refractivity contribution is 0.175. The first-order valence-corrected chi connectivity index (χ1v) is 6.31. The van der Waals surface area contributed by atoms with Crippen LogP contribution in [-0.4, -0.2) is 18.2 Å². The summed E-state index contributed by atoms with van der Waals surface area (Å²) in [5.41, 5.74) is 3.98. The van der Waals surface area contributed by atoms with Crippen LogP contribution in [0.25, 0.3) is 0 Å². The molecule has 0 saturated carbocycles. The van der Waals surface area contributed by atoms with Gasteiger partial charge in [0.25, 0.3) is 0 Å². The molecule has 0 aromatic heterocycles. The fourth-order valence-electron chi connectivity index (χ4n) is 2.36. The summed E-state index contributed by atoms with van der Waals surface area (Å²) >= 11 is 0. The zero-order chi connectivity index (χ0) is 11.4. The SMILES string of the molecule is CCNCC(O)c1ccc2c(c1)CCCC2. The van der Waals surface area contributed by atoms with Gasteiger partial charge in [0.15, 0.2) is 0 Å². The van der Waals surface area contributed by atoms with Crippen molar-refractivity contribution in [2.45, 2.75) is 38.7 Å². The smallest absolute Gasteiger partial charge is 0.0914 e. The van der Waals surface area contributed by atoms with Gasteiger partial charge in [-0.15, -0.1) is 0 Å². The maximum atomic E-state index is 9.99. The summed E-state index contributed by atoms with van der Waals surface area (Å²) in [6.45, 7) is 3.61. The number of aliphatic hydroxyl groups is 1. The van der Waals surface area contributed by atoms with Crippen LogP contribution in [0.5, 0.6) is 0 Å². The van der Waals surface area contributed by atoms with E-state index in [1.165, 1.54) is 36.8 Å². The minimum atomic E-state index is -0.368. The Morgan fingerprint density at radius 3 is 2.75 bits per heavy atom. The Morgan fingerprint density at radius 1 is 1.25 bits per heavy atom. The first-order chi connectivity index (χ1) is 7.81. The van der Waals surface area contributed by atoms with Gasteiger partial charge in [0, 0.05) is 6.54 Å². The maximum absolute atomic E-state index is 9.99. The third kappa shape index (κ3) is 2.63. The molecule has 16 heavy (non-hydrogen) atoms. The van der Waals surface area contributed by atoms with Crippen molar-refractivity contribution in [3.8, 4) is 0 Å². The Bertz CT molecular complexity index is 349. The molecule has 0 aliphatic heterocycles. The topological polar surface area (TPSA) is 32.3 Å². The van der Waals surface area contributed by atoms with E-state index in [1.807, 2.05) is 0 Å². The second-order valence-electron chi connectivity index (χ2n) is 4.56. The Kier molecular flexibility index (Phi) is 3.97. The zero-order valence-electron chi connectivity index (χ0n) is 10.00. The monoisotopic (exact) mass is 219 g/mol. The lowest BCUT2D eigenvalue weighted by Gasteiger charge is -2.18. The lowest BCUT2D eigenvalue weighted by atomic mass is 9.89. The molecule has 0 amide bonds. The highest BCUT2D eigenvalue weighted by Gasteiger charge is 2.12. The average molecular weight is 219 g/mol. The van der Waals surface area contributed by atoms with Crippen molar-refractivity contribution in [3.05, 3.63) is 34.9 Å². The van der Waals surface area contributed by atoms with Gasteiger partial charge in [0.05, 0.1) is 6.10 Å². The molecule has 2 rings (SSSR count). The van der Waals surface area contributed by atoms with Crippen LogP contribution in [0, 0.1) is 0 Å². The van der Waals surface area contributed by atoms with E-state index in [2.05, 4.69) is 30.4 Å². The molecule has 88 valence electrons. The van der Waals surface area contributed by atoms with Crippen LogP contribution in [0.2, 0.25) is 0 Å². The van der Waals surface area contributed by atoms with E-state index in [0.29, 0.717) is 6.54 Å². The fourth-order valence-corrected chi connectivity index (χ4v) is 2.36. The molecule has 2 heteroatoms. The van der Waals surface area contributed by atoms with E-state index >= 15 is 0 Å². The molecule has 0 radical (unpaired) electrons. The first-order valence-electron chi connectivity index (χ1n) is 6.31. The predicted molar refractivity (Wildman–Crippen MR) is 66.6 cm³/mol. The molecule has 0 heterocycles. The van der Waals surface area contributed by atoms with Crippen molar-refractivity contribution in [2.24, 2.45) is 0 Å². The molecule has 1 aliphatic carbocycles. The molecule has 1 unspecified atom stereocenters. The molecule has 0 fully saturated rings. The van der Waals surface area contributed by atoms with E-state index in [1.54, 1.807) is 0 Å². The Hall–Kier alpha value is -0.860. The first kappa shape index (κ1) is 11.6.